The smallest absolute Gasteiger partial charge is 0.224 e. The number of carbonyl (C=O) groups is 1. The molecule has 11 heteroatoms. The van der Waals surface area contributed by atoms with Crippen molar-refractivity contribution in [2.24, 2.45) is 38.2 Å². The summed E-state index contributed by atoms with van der Waals surface area (Å²) in [5.41, 5.74) is 24.6. The van der Waals surface area contributed by atoms with E-state index in [0.29, 0.717) is 24.2 Å². The van der Waals surface area contributed by atoms with Crippen LogP contribution in [0.1, 0.15) is 82.4 Å². The van der Waals surface area contributed by atoms with Crippen molar-refractivity contribution >= 4 is 29.2 Å². The fourth-order valence-corrected chi connectivity index (χ4v) is 3.27. The minimum Gasteiger partial charge on any atom is -0.369 e. The zero-order valence-corrected chi connectivity index (χ0v) is 20.4. The lowest BCUT2D eigenvalue weighted by molar-refractivity contribution is -0.116. The molecule has 11 nitrogen and oxygen atoms in total. The van der Waals surface area contributed by atoms with Gasteiger partial charge in [-0.1, -0.05) is 25.7 Å². The van der Waals surface area contributed by atoms with Gasteiger partial charge in [0.25, 0.3) is 0 Å². The zero-order valence-electron chi connectivity index (χ0n) is 20.4. The van der Waals surface area contributed by atoms with Gasteiger partial charge in [-0.3, -0.25) is 9.80 Å². The third-order valence-electron chi connectivity index (χ3n) is 5.23. The number of nitrogens with zero attached hydrogens (tertiary/aromatic N) is 5. The van der Waals surface area contributed by atoms with Crippen molar-refractivity contribution in [1.29, 1.82) is 5.26 Å². The van der Waals surface area contributed by atoms with Crippen LogP contribution in [0.3, 0.4) is 0 Å². The van der Waals surface area contributed by atoms with E-state index in [2.05, 4.69) is 26.7 Å². The van der Waals surface area contributed by atoms with Crippen LogP contribution in [0.15, 0.2) is 33.5 Å². The second-order valence-electron chi connectivity index (χ2n) is 8.16. The van der Waals surface area contributed by atoms with Crippen LogP contribution in [0.4, 0.5) is 5.69 Å². The first kappa shape index (κ1) is 28.2. The summed E-state index contributed by atoms with van der Waals surface area (Å²) in [7, 11) is 1.76. The number of benzene rings is 1. The number of anilines is 1. The Morgan fingerprint density at radius 3 is 2.29 bits per heavy atom. The molecule has 0 saturated carbocycles. The van der Waals surface area contributed by atoms with Gasteiger partial charge in [-0.15, -0.1) is 10.2 Å². The number of hydrogen-bond acceptors (Lipinski definition) is 6. The summed E-state index contributed by atoms with van der Waals surface area (Å²) in [6, 6.07) is 7.60. The number of rotatable bonds is 14. The predicted octanol–water partition coefficient (Wildman–Crippen LogP) is 2.45. The van der Waals surface area contributed by atoms with Gasteiger partial charge < -0.3 is 28.3 Å². The first-order valence-corrected chi connectivity index (χ1v) is 11.4. The lowest BCUT2D eigenvalue weighted by Gasteiger charge is -2.23. The van der Waals surface area contributed by atoms with Crippen LogP contribution in [-0.2, 0) is 4.79 Å². The average Bonchev–Trinajstić information content (AvgIpc) is 2.77. The van der Waals surface area contributed by atoms with Crippen LogP contribution in [0, 0.1) is 11.3 Å². The fourth-order valence-electron chi connectivity index (χ4n) is 3.27. The average molecular weight is 471 g/mol. The van der Waals surface area contributed by atoms with Gasteiger partial charge in [-0.25, -0.2) is 0 Å². The number of hydrogen-bond donors (Lipinski definition) is 5. The Bertz CT molecular complexity index is 924. The van der Waals surface area contributed by atoms with Crippen molar-refractivity contribution in [3.8, 4) is 6.07 Å². The van der Waals surface area contributed by atoms with Gasteiger partial charge in [0.1, 0.15) is 0 Å². The molecule has 0 aromatic heterocycles. The number of hydrazone groups is 1. The zero-order chi connectivity index (χ0) is 25.5. The SMILES string of the molecule is C/C(=N\N=C(N)N)c1cc(NC(=O)CCCCCCCCC#N)cc(C(C)N(C)N=C(N)N)c1. The quantitative estimate of drug-likeness (QED) is 0.119. The molecule has 1 atom stereocenters. The molecule has 0 heterocycles. The molecule has 1 rings (SSSR count). The van der Waals surface area contributed by atoms with E-state index in [9.17, 15) is 4.79 Å². The highest BCUT2D eigenvalue weighted by molar-refractivity contribution is 6.01. The molecule has 1 aromatic carbocycles. The summed E-state index contributed by atoms with van der Waals surface area (Å²) in [6.45, 7) is 3.72. The maximum atomic E-state index is 12.5. The van der Waals surface area contributed by atoms with Crippen LogP contribution in [0.5, 0.6) is 0 Å². The fraction of sp³-hybridized carbons (Fsp3) is 0.522. The Balaban J connectivity index is 2.91. The summed E-state index contributed by atoms with van der Waals surface area (Å²) in [4.78, 5) is 12.5. The molecule has 0 spiro atoms. The molecule has 1 amide bonds. The number of unbranched alkanes of at least 4 members (excludes halogenated alkanes) is 6. The first-order valence-electron chi connectivity index (χ1n) is 11.4. The van der Waals surface area contributed by atoms with Gasteiger partial charge >= 0.3 is 0 Å². The van der Waals surface area contributed by atoms with Gasteiger partial charge in [0.2, 0.25) is 17.8 Å². The highest BCUT2D eigenvalue weighted by atomic mass is 16.1. The molecular weight excluding hydrogens is 432 g/mol. The van der Waals surface area contributed by atoms with E-state index < -0.39 is 0 Å². The van der Waals surface area contributed by atoms with Crippen LogP contribution < -0.4 is 28.3 Å². The maximum Gasteiger partial charge on any atom is 0.224 e. The van der Waals surface area contributed by atoms with Crippen LogP contribution in [0.25, 0.3) is 0 Å². The number of guanidine groups is 2. The summed E-state index contributed by atoms with van der Waals surface area (Å²) in [5.74, 6) is -0.249. The molecule has 0 aliphatic rings. The Labute approximate surface area is 201 Å². The van der Waals surface area contributed by atoms with Crippen molar-refractivity contribution in [3.63, 3.8) is 0 Å². The molecule has 1 aromatic rings. The molecule has 0 aliphatic carbocycles. The third kappa shape index (κ3) is 11.2. The van der Waals surface area contributed by atoms with E-state index in [1.807, 2.05) is 25.1 Å². The van der Waals surface area contributed by atoms with E-state index in [-0.39, 0.29) is 23.9 Å². The number of nitrogens with one attached hydrogen (secondary N) is 1. The largest absolute Gasteiger partial charge is 0.369 e. The summed E-state index contributed by atoms with van der Waals surface area (Å²) in [5, 5.41) is 25.0. The summed E-state index contributed by atoms with van der Waals surface area (Å²) < 4.78 is 0. The molecule has 0 saturated heterocycles. The van der Waals surface area contributed by atoms with E-state index in [1.165, 1.54) is 0 Å². The molecule has 0 fully saturated rings. The Morgan fingerprint density at radius 2 is 1.68 bits per heavy atom. The standard InChI is InChI=1S/C23H38N10O/c1-16(30-31-22(25)26)18-13-19(17(2)33(3)32-23(27)28)15-20(14-18)29-21(34)11-9-7-5-4-6-8-10-12-24/h13-15,17H,4-11H2,1-3H3,(H,29,34)(H4,25,26,31)(H4,27,28,32)/b30-16+. The lowest BCUT2D eigenvalue weighted by atomic mass is 10.0. The van der Waals surface area contributed by atoms with Gasteiger partial charge in [0.15, 0.2) is 0 Å². The van der Waals surface area contributed by atoms with Gasteiger partial charge in [0.05, 0.1) is 17.8 Å². The number of carbonyl (C=O) groups excluding carboxylic acids is 1. The van der Waals surface area contributed by atoms with Gasteiger partial charge in [0, 0.05) is 25.6 Å². The van der Waals surface area contributed by atoms with Gasteiger partial charge in [-0.05, 0) is 56.0 Å². The lowest BCUT2D eigenvalue weighted by Crippen LogP contribution is -2.28. The molecule has 186 valence electrons. The van der Waals surface area contributed by atoms with Crippen LogP contribution >= 0.6 is 0 Å². The second kappa shape index (κ2) is 15.1. The van der Waals surface area contributed by atoms with E-state index in [4.69, 9.17) is 28.2 Å². The predicted molar refractivity (Wildman–Crippen MR) is 138 cm³/mol. The molecule has 0 radical (unpaired) electrons. The van der Waals surface area contributed by atoms with Crippen molar-refractivity contribution in [3.05, 3.63) is 29.3 Å². The van der Waals surface area contributed by atoms with E-state index in [0.717, 1.165) is 49.7 Å². The second-order valence-corrected chi connectivity index (χ2v) is 8.16. The van der Waals surface area contributed by atoms with Crippen molar-refractivity contribution in [2.75, 3.05) is 12.4 Å². The molecule has 1 unspecified atom stereocenters. The Morgan fingerprint density at radius 1 is 1.03 bits per heavy atom. The summed E-state index contributed by atoms with van der Waals surface area (Å²) >= 11 is 0. The number of amides is 1. The van der Waals surface area contributed by atoms with Crippen molar-refractivity contribution < 1.29 is 4.79 Å². The highest BCUT2D eigenvalue weighted by Gasteiger charge is 2.15. The Kier molecular flexibility index (Phi) is 12.5. The molecule has 9 N–H and O–H groups in total. The monoisotopic (exact) mass is 470 g/mol. The number of nitrogens with two attached hydrogens (primary N) is 4. The molecule has 34 heavy (non-hydrogen) atoms. The van der Waals surface area contributed by atoms with E-state index >= 15 is 0 Å². The molecular formula is C23H38N10O. The van der Waals surface area contributed by atoms with E-state index in [1.54, 1.807) is 19.0 Å². The van der Waals surface area contributed by atoms with Gasteiger partial charge in [-0.2, -0.15) is 10.4 Å². The van der Waals surface area contributed by atoms with Crippen molar-refractivity contribution in [1.82, 2.24) is 5.01 Å². The third-order valence-corrected chi connectivity index (χ3v) is 5.23. The molecule has 0 bridgehead atoms. The number of nitriles is 1. The minimum atomic E-state index is -0.186. The van der Waals surface area contributed by atoms with Crippen molar-refractivity contribution in [2.45, 2.75) is 71.3 Å². The van der Waals surface area contributed by atoms with Crippen LogP contribution in [-0.4, -0.2) is 35.6 Å². The highest BCUT2D eigenvalue weighted by Crippen LogP contribution is 2.25. The summed E-state index contributed by atoms with van der Waals surface area (Å²) in [6.07, 6.45) is 6.99. The minimum absolute atomic E-state index is 0.0467. The molecule has 0 aliphatic heterocycles. The maximum absolute atomic E-state index is 12.5. The normalized spacial score (nSPS) is 11.8. The Hall–Kier alpha value is -3.81. The first-order chi connectivity index (χ1) is 16.1. The van der Waals surface area contributed by atoms with Crippen LogP contribution in [0.2, 0.25) is 0 Å². The topological polar surface area (TPSA) is 197 Å².